The maximum absolute atomic E-state index is 12.9. The van der Waals surface area contributed by atoms with Crippen LogP contribution in [0.1, 0.15) is 61.3 Å². The van der Waals surface area contributed by atoms with Gasteiger partial charge in [-0.25, -0.2) is 9.59 Å². The van der Waals surface area contributed by atoms with E-state index in [4.69, 9.17) is 5.11 Å². The van der Waals surface area contributed by atoms with Crippen molar-refractivity contribution >= 4 is 24.0 Å². The summed E-state index contributed by atoms with van der Waals surface area (Å²) in [6, 6.07) is 6.13. The predicted molar refractivity (Wildman–Crippen MR) is 114 cm³/mol. The molecule has 31 heavy (non-hydrogen) atoms. The number of nitrogens with zero attached hydrogens (tertiary/aromatic N) is 1. The molecule has 2 atom stereocenters. The second-order valence-corrected chi connectivity index (χ2v) is 9.10. The average molecular weight is 434 g/mol. The minimum Gasteiger partial charge on any atom is -0.465 e. The minimum absolute atomic E-state index is 0.0747. The van der Waals surface area contributed by atoms with E-state index in [0.29, 0.717) is 24.0 Å². The number of imide groups is 1. The van der Waals surface area contributed by atoms with Crippen LogP contribution in [0.5, 0.6) is 0 Å². The molecule has 4 amide bonds. The molecule has 0 radical (unpaired) electrons. The number of carbonyl (C=O) groups excluding carboxylic acids is 2. The smallest absolute Gasteiger partial charge is 0.404 e. The van der Waals surface area contributed by atoms with E-state index in [1.165, 1.54) is 4.90 Å². The Bertz CT molecular complexity index is 816. The van der Waals surface area contributed by atoms with Gasteiger partial charge in [0.05, 0.1) is 11.1 Å². The van der Waals surface area contributed by atoms with Crippen molar-refractivity contribution in [3.8, 4) is 0 Å². The van der Waals surface area contributed by atoms with E-state index < -0.39 is 18.2 Å². The highest BCUT2D eigenvalue weighted by molar-refractivity contribution is 6.21. The van der Waals surface area contributed by atoms with Crippen LogP contribution in [-0.2, 0) is 0 Å². The third-order valence-corrected chi connectivity index (χ3v) is 5.70. The molecule has 4 N–H and O–H groups in total. The van der Waals surface area contributed by atoms with Crippen molar-refractivity contribution in [2.75, 3.05) is 13.1 Å². The lowest BCUT2D eigenvalue weighted by atomic mass is 9.75. The largest absolute Gasteiger partial charge is 0.465 e. The molecule has 2 unspecified atom stereocenters. The summed E-state index contributed by atoms with van der Waals surface area (Å²) in [6.07, 6.45) is -1.26. The van der Waals surface area contributed by atoms with Gasteiger partial charge in [-0.05, 0) is 42.2 Å². The summed E-state index contributed by atoms with van der Waals surface area (Å²) in [7, 11) is 0. The van der Waals surface area contributed by atoms with E-state index in [1.54, 1.807) is 24.3 Å². The zero-order chi connectivity index (χ0) is 23.3. The quantitative estimate of drug-likeness (QED) is 0.418. The van der Waals surface area contributed by atoms with Gasteiger partial charge in [0.2, 0.25) is 0 Å². The molecule has 1 aliphatic heterocycles. The average Bonchev–Trinajstić information content (AvgIpc) is 2.90. The van der Waals surface area contributed by atoms with Crippen LogP contribution in [-0.4, -0.2) is 58.2 Å². The van der Waals surface area contributed by atoms with Gasteiger partial charge in [0.1, 0.15) is 0 Å². The van der Waals surface area contributed by atoms with Crippen molar-refractivity contribution in [3.05, 3.63) is 35.4 Å². The fourth-order valence-corrected chi connectivity index (χ4v) is 4.24. The Hall–Kier alpha value is -3.10. The summed E-state index contributed by atoms with van der Waals surface area (Å²) in [6.45, 7) is 8.02. The van der Waals surface area contributed by atoms with Gasteiger partial charge in [0.15, 0.2) is 0 Å². The molecule has 9 nitrogen and oxygen atoms in total. The van der Waals surface area contributed by atoms with Crippen LogP contribution in [0.25, 0.3) is 0 Å². The van der Waals surface area contributed by atoms with Gasteiger partial charge in [-0.15, -0.1) is 0 Å². The SMILES string of the molecule is CC(C)C(NC(=O)O)C(CN1C(=O)c2ccccc2C1=O)CC(C)(C)CCNC(=O)O. The van der Waals surface area contributed by atoms with Gasteiger partial charge >= 0.3 is 12.2 Å². The maximum atomic E-state index is 12.9. The Morgan fingerprint density at radius 1 is 1.03 bits per heavy atom. The molecule has 0 saturated carbocycles. The topological polar surface area (TPSA) is 136 Å². The maximum Gasteiger partial charge on any atom is 0.404 e. The zero-order valence-electron chi connectivity index (χ0n) is 18.3. The molecule has 1 heterocycles. The van der Waals surface area contributed by atoms with Crippen LogP contribution >= 0.6 is 0 Å². The number of nitrogens with one attached hydrogen (secondary N) is 2. The van der Waals surface area contributed by atoms with E-state index in [-0.39, 0.29) is 42.2 Å². The third-order valence-electron chi connectivity index (χ3n) is 5.70. The summed E-state index contributed by atoms with van der Waals surface area (Å²) in [4.78, 5) is 49.1. The van der Waals surface area contributed by atoms with Crippen LogP contribution in [0.4, 0.5) is 9.59 Å². The predicted octanol–water partition coefficient (Wildman–Crippen LogP) is 3.27. The highest BCUT2D eigenvalue weighted by Gasteiger charge is 2.40. The van der Waals surface area contributed by atoms with Crippen LogP contribution in [0, 0.1) is 17.3 Å². The standard InChI is InChI=1S/C22H31N3O6/c1-13(2)17(24-21(30)31)14(11-22(3,4)9-10-23-20(28)29)12-25-18(26)15-7-5-6-8-16(15)19(25)27/h5-8,13-14,17,23-24H,9-12H2,1-4H3,(H,28,29)(H,30,31). The van der Waals surface area contributed by atoms with Crippen molar-refractivity contribution in [3.63, 3.8) is 0 Å². The summed E-state index contributed by atoms with van der Waals surface area (Å²) >= 11 is 0. The summed E-state index contributed by atoms with van der Waals surface area (Å²) in [5, 5.41) is 23.1. The Morgan fingerprint density at radius 2 is 1.58 bits per heavy atom. The first-order valence-electron chi connectivity index (χ1n) is 10.3. The third kappa shape index (κ3) is 6.19. The fourth-order valence-electron chi connectivity index (χ4n) is 4.24. The van der Waals surface area contributed by atoms with Crippen LogP contribution in [0.3, 0.4) is 0 Å². The monoisotopic (exact) mass is 433 g/mol. The Morgan fingerprint density at radius 3 is 2.03 bits per heavy atom. The fraction of sp³-hybridized carbons (Fsp3) is 0.545. The van der Waals surface area contributed by atoms with Crippen molar-refractivity contribution < 1.29 is 29.4 Å². The van der Waals surface area contributed by atoms with E-state index in [0.717, 1.165) is 0 Å². The van der Waals surface area contributed by atoms with Crippen LogP contribution < -0.4 is 10.6 Å². The molecule has 9 heteroatoms. The molecule has 0 fully saturated rings. The van der Waals surface area contributed by atoms with Crippen molar-refractivity contribution in [1.29, 1.82) is 0 Å². The number of benzene rings is 1. The number of hydrogen-bond acceptors (Lipinski definition) is 4. The van der Waals surface area contributed by atoms with E-state index in [2.05, 4.69) is 10.6 Å². The Kier molecular flexibility index (Phi) is 7.65. The Balaban J connectivity index is 2.27. The minimum atomic E-state index is -1.17. The first-order chi connectivity index (χ1) is 14.4. The first kappa shape index (κ1) is 24.2. The molecular weight excluding hydrogens is 402 g/mol. The van der Waals surface area contributed by atoms with Crippen molar-refractivity contribution in [1.82, 2.24) is 15.5 Å². The highest BCUT2D eigenvalue weighted by atomic mass is 16.4. The molecule has 2 rings (SSSR count). The molecule has 0 bridgehead atoms. The summed E-state index contributed by atoms with van der Waals surface area (Å²) in [5.41, 5.74) is 0.339. The summed E-state index contributed by atoms with van der Waals surface area (Å²) in [5.74, 6) is -1.19. The van der Waals surface area contributed by atoms with Gasteiger partial charge in [-0.3, -0.25) is 14.5 Å². The van der Waals surface area contributed by atoms with Gasteiger partial charge in [0, 0.05) is 19.1 Å². The summed E-state index contributed by atoms with van der Waals surface area (Å²) < 4.78 is 0. The molecule has 170 valence electrons. The molecule has 0 aliphatic carbocycles. The number of fused-ring (bicyclic) bond motifs is 1. The normalized spacial score (nSPS) is 15.6. The van der Waals surface area contributed by atoms with E-state index >= 15 is 0 Å². The van der Waals surface area contributed by atoms with Gasteiger partial charge in [-0.1, -0.05) is 39.8 Å². The first-order valence-corrected chi connectivity index (χ1v) is 10.3. The highest BCUT2D eigenvalue weighted by Crippen LogP contribution is 2.34. The van der Waals surface area contributed by atoms with Crippen molar-refractivity contribution in [2.45, 2.75) is 46.6 Å². The van der Waals surface area contributed by atoms with E-state index in [9.17, 15) is 24.3 Å². The molecule has 0 saturated heterocycles. The Labute approximate surface area is 181 Å². The van der Waals surface area contributed by atoms with E-state index in [1.807, 2.05) is 27.7 Å². The molecular formula is C22H31N3O6. The second-order valence-electron chi connectivity index (χ2n) is 9.10. The molecule has 1 aliphatic rings. The molecule has 0 spiro atoms. The van der Waals surface area contributed by atoms with Gasteiger partial charge < -0.3 is 20.8 Å². The lowest BCUT2D eigenvalue weighted by Gasteiger charge is -2.37. The van der Waals surface area contributed by atoms with Gasteiger partial charge in [-0.2, -0.15) is 0 Å². The van der Waals surface area contributed by atoms with Crippen LogP contribution in [0.2, 0.25) is 0 Å². The second kappa shape index (κ2) is 9.80. The molecule has 0 aromatic heterocycles. The zero-order valence-corrected chi connectivity index (χ0v) is 18.3. The number of hydrogen-bond donors (Lipinski definition) is 4. The van der Waals surface area contributed by atoms with Gasteiger partial charge in [0.25, 0.3) is 11.8 Å². The number of carbonyl (C=O) groups is 4. The number of rotatable bonds is 10. The lowest BCUT2D eigenvalue weighted by Crippen LogP contribution is -2.49. The number of amides is 4. The molecule has 1 aromatic carbocycles. The van der Waals surface area contributed by atoms with Crippen molar-refractivity contribution in [2.24, 2.45) is 17.3 Å². The lowest BCUT2D eigenvalue weighted by molar-refractivity contribution is 0.0577. The number of carboxylic acid groups (broad SMARTS) is 2. The van der Waals surface area contributed by atoms with Crippen LogP contribution in [0.15, 0.2) is 24.3 Å². The molecule has 1 aromatic rings.